The van der Waals surface area contributed by atoms with Gasteiger partial charge in [0.05, 0.1) is 17.2 Å². The predicted octanol–water partition coefficient (Wildman–Crippen LogP) is 4.11. The van der Waals surface area contributed by atoms with Crippen LogP contribution in [0.2, 0.25) is 0 Å². The molecule has 2 aromatic carbocycles. The first kappa shape index (κ1) is 16.8. The van der Waals surface area contributed by atoms with E-state index >= 15 is 0 Å². The number of carbonyl (C=O) groups excluding carboxylic acids is 1. The van der Waals surface area contributed by atoms with E-state index in [2.05, 4.69) is 10.6 Å². The number of nitrogens with zero attached hydrogens (tertiary/aromatic N) is 1. The topological polar surface area (TPSA) is 64.9 Å². The fourth-order valence-corrected chi connectivity index (χ4v) is 2.92. The highest BCUT2D eigenvalue weighted by molar-refractivity contribution is 5.94. The second-order valence-corrected chi connectivity index (χ2v) is 5.79. The normalized spacial score (nSPS) is 16.6. The van der Waals surface area contributed by atoms with Crippen LogP contribution in [0.5, 0.6) is 0 Å². The van der Waals surface area contributed by atoms with E-state index in [-0.39, 0.29) is 36.0 Å². The van der Waals surface area contributed by atoms with Crippen LogP contribution in [0.25, 0.3) is 0 Å². The number of anilines is 2. The first-order valence-corrected chi connectivity index (χ1v) is 7.62. The molecule has 1 amide bonds. The van der Waals surface area contributed by atoms with Gasteiger partial charge in [0.15, 0.2) is 0 Å². The number of halogens is 3. The third kappa shape index (κ3) is 3.58. The van der Waals surface area contributed by atoms with Gasteiger partial charge in [-0.1, -0.05) is 18.2 Å². The molecule has 1 heterocycles. The average molecular weight is 345 g/mol. The molecule has 2 N–H and O–H groups in total. The minimum absolute atomic E-state index is 0.136. The van der Waals surface area contributed by atoms with Crippen molar-refractivity contribution in [3.05, 3.63) is 59.2 Å². The summed E-state index contributed by atoms with van der Waals surface area (Å²) in [5, 5.41) is 14.5. The first-order valence-electron chi connectivity index (χ1n) is 7.62. The maximum absolute atomic E-state index is 13.2. The van der Waals surface area contributed by atoms with Crippen LogP contribution in [0.4, 0.5) is 24.5 Å². The summed E-state index contributed by atoms with van der Waals surface area (Å²) in [7, 11) is 0. The molecule has 0 spiro atoms. The molecular weight excluding hydrogens is 331 g/mol. The smallest absolute Gasteiger partial charge is 0.384 e. The fourth-order valence-electron chi connectivity index (χ4n) is 2.92. The van der Waals surface area contributed by atoms with Gasteiger partial charge in [-0.2, -0.15) is 18.4 Å². The Kier molecular flexibility index (Phi) is 4.36. The number of rotatable bonds is 3. The molecule has 0 bridgehead atoms. The highest BCUT2D eigenvalue weighted by Crippen LogP contribution is 2.37. The van der Waals surface area contributed by atoms with E-state index in [4.69, 9.17) is 5.26 Å². The van der Waals surface area contributed by atoms with E-state index in [1.807, 2.05) is 18.2 Å². The summed E-state index contributed by atoms with van der Waals surface area (Å²) in [4.78, 5) is 11.8. The Labute approximate surface area is 142 Å². The summed E-state index contributed by atoms with van der Waals surface area (Å²) >= 11 is 0. The zero-order chi connectivity index (χ0) is 18.0. The highest BCUT2D eigenvalue weighted by atomic mass is 19.4. The largest absolute Gasteiger partial charge is 0.418 e. The van der Waals surface area contributed by atoms with Crippen molar-refractivity contribution in [2.24, 2.45) is 0 Å². The van der Waals surface area contributed by atoms with Crippen molar-refractivity contribution >= 4 is 17.3 Å². The molecule has 0 aliphatic carbocycles. The zero-order valence-electron chi connectivity index (χ0n) is 13.0. The van der Waals surface area contributed by atoms with Crippen LogP contribution < -0.4 is 10.6 Å². The van der Waals surface area contributed by atoms with Crippen molar-refractivity contribution in [1.82, 2.24) is 0 Å². The number of fused-ring (bicyclic) bond motifs is 1. The van der Waals surface area contributed by atoms with Crippen LogP contribution in [0.15, 0.2) is 42.5 Å². The Hall–Kier alpha value is -3.01. The van der Waals surface area contributed by atoms with Crippen LogP contribution >= 0.6 is 0 Å². The number of hydrogen-bond donors (Lipinski definition) is 2. The lowest BCUT2D eigenvalue weighted by molar-refractivity contribution is -0.137. The quantitative estimate of drug-likeness (QED) is 0.880. The number of amides is 1. The van der Waals surface area contributed by atoms with Crippen molar-refractivity contribution in [2.75, 3.05) is 17.2 Å². The fraction of sp³-hybridized carbons (Fsp3) is 0.222. The molecule has 1 aliphatic rings. The Bertz CT molecular complexity index is 855. The minimum Gasteiger partial charge on any atom is -0.384 e. The van der Waals surface area contributed by atoms with E-state index in [0.717, 1.165) is 17.7 Å². The van der Waals surface area contributed by atoms with Gasteiger partial charge < -0.3 is 10.6 Å². The van der Waals surface area contributed by atoms with Crippen molar-refractivity contribution < 1.29 is 18.0 Å². The lowest BCUT2D eigenvalue weighted by atomic mass is 9.90. The number of carbonyl (C=O) groups is 1. The lowest BCUT2D eigenvalue weighted by Crippen LogP contribution is -2.27. The van der Waals surface area contributed by atoms with Crippen molar-refractivity contribution in [2.45, 2.75) is 18.5 Å². The van der Waals surface area contributed by atoms with Crippen molar-refractivity contribution in [1.29, 1.82) is 5.26 Å². The van der Waals surface area contributed by atoms with Gasteiger partial charge in [-0.25, -0.2) is 0 Å². The van der Waals surface area contributed by atoms with Gasteiger partial charge in [-0.3, -0.25) is 4.79 Å². The number of nitrogens with one attached hydrogen (secondary N) is 2. The van der Waals surface area contributed by atoms with Gasteiger partial charge in [-0.15, -0.1) is 0 Å². The summed E-state index contributed by atoms with van der Waals surface area (Å²) in [6, 6.07) is 12.3. The Morgan fingerprint density at radius 3 is 2.72 bits per heavy atom. The predicted molar refractivity (Wildman–Crippen MR) is 87.1 cm³/mol. The summed E-state index contributed by atoms with van der Waals surface area (Å²) in [5.41, 5.74) is 0.694. The number of hydrogen-bond acceptors (Lipinski definition) is 3. The second-order valence-electron chi connectivity index (χ2n) is 5.79. The van der Waals surface area contributed by atoms with Gasteiger partial charge in [0.2, 0.25) is 5.91 Å². The lowest BCUT2D eigenvalue weighted by Gasteiger charge is -2.26. The van der Waals surface area contributed by atoms with Crippen molar-refractivity contribution in [3.8, 4) is 6.07 Å². The summed E-state index contributed by atoms with van der Waals surface area (Å²) in [5.74, 6) is -0.427. The summed E-state index contributed by atoms with van der Waals surface area (Å²) in [6.45, 7) is 0.155. The molecule has 0 saturated heterocycles. The van der Waals surface area contributed by atoms with E-state index < -0.39 is 11.7 Å². The van der Waals surface area contributed by atoms with Gasteiger partial charge in [0.25, 0.3) is 0 Å². The minimum atomic E-state index is -4.53. The van der Waals surface area contributed by atoms with E-state index in [0.29, 0.717) is 5.69 Å². The Morgan fingerprint density at radius 2 is 2.00 bits per heavy atom. The van der Waals surface area contributed by atoms with E-state index in [9.17, 15) is 18.0 Å². The van der Waals surface area contributed by atoms with Gasteiger partial charge in [-0.05, 0) is 29.8 Å². The molecule has 128 valence electrons. The van der Waals surface area contributed by atoms with E-state index in [1.54, 1.807) is 12.1 Å². The third-order valence-electron chi connectivity index (χ3n) is 4.10. The third-order valence-corrected chi connectivity index (χ3v) is 4.10. The van der Waals surface area contributed by atoms with Gasteiger partial charge in [0, 0.05) is 30.3 Å². The molecule has 1 atom stereocenters. The molecule has 3 rings (SSSR count). The molecule has 7 heteroatoms. The molecule has 0 fully saturated rings. The second kappa shape index (κ2) is 6.48. The maximum Gasteiger partial charge on any atom is 0.418 e. The van der Waals surface area contributed by atoms with Crippen LogP contribution in [-0.2, 0) is 11.0 Å². The molecular formula is C18H14F3N3O. The molecule has 1 unspecified atom stereocenters. The number of benzene rings is 2. The molecule has 25 heavy (non-hydrogen) atoms. The maximum atomic E-state index is 13.2. The van der Waals surface area contributed by atoms with E-state index in [1.165, 1.54) is 6.07 Å². The molecule has 0 radical (unpaired) electrons. The van der Waals surface area contributed by atoms with Gasteiger partial charge >= 0.3 is 6.18 Å². The van der Waals surface area contributed by atoms with Crippen LogP contribution in [-0.4, -0.2) is 12.5 Å². The van der Waals surface area contributed by atoms with Crippen LogP contribution in [0.3, 0.4) is 0 Å². The molecule has 0 aromatic heterocycles. The standard InChI is InChI=1S/C18H14F3N3O/c19-18(20,21)14-6-5-11(9-22)7-16(14)23-10-12-8-17(25)24-15-4-2-1-3-13(12)15/h1-7,12,23H,8,10H2,(H,24,25). The first-order chi connectivity index (χ1) is 11.9. The Balaban J connectivity index is 1.87. The molecule has 4 nitrogen and oxygen atoms in total. The molecule has 2 aromatic rings. The average Bonchev–Trinajstić information content (AvgIpc) is 2.58. The zero-order valence-corrected chi connectivity index (χ0v) is 13.0. The highest BCUT2D eigenvalue weighted by Gasteiger charge is 2.34. The van der Waals surface area contributed by atoms with Crippen LogP contribution in [0, 0.1) is 11.3 Å². The Morgan fingerprint density at radius 1 is 1.24 bits per heavy atom. The summed E-state index contributed by atoms with van der Waals surface area (Å²) in [6.07, 6.45) is -4.35. The number of alkyl halides is 3. The monoisotopic (exact) mass is 345 g/mol. The summed E-state index contributed by atoms with van der Waals surface area (Å²) < 4.78 is 39.5. The molecule has 0 saturated carbocycles. The number of para-hydroxylation sites is 1. The van der Waals surface area contributed by atoms with Crippen molar-refractivity contribution in [3.63, 3.8) is 0 Å². The van der Waals surface area contributed by atoms with Gasteiger partial charge in [0.1, 0.15) is 0 Å². The number of nitriles is 1. The SMILES string of the molecule is N#Cc1ccc(C(F)(F)F)c(NCC2CC(=O)Nc3ccccc32)c1. The van der Waals surface area contributed by atoms with Crippen LogP contribution in [0.1, 0.15) is 29.0 Å². The molecule has 1 aliphatic heterocycles.